The smallest absolute Gasteiger partial charge is 0.240 e. The van der Waals surface area contributed by atoms with E-state index in [1.165, 1.54) is 0 Å². The average Bonchev–Trinajstić information content (AvgIpc) is 1.85. The van der Waals surface area contributed by atoms with E-state index in [9.17, 15) is 4.55 Å². The van der Waals surface area contributed by atoms with Crippen LogP contribution in [0, 0.1) is 0 Å². The summed E-state index contributed by atoms with van der Waals surface area (Å²) in [4.78, 5) is 0. The minimum absolute atomic E-state index is 0.00926. The summed E-state index contributed by atoms with van der Waals surface area (Å²) in [5.41, 5.74) is 0. The van der Waals surface area contributed by atoms with Gasteiger partial charge in [0, 0.05) is 0 Å². The van der Waals surface area contributed by atoms with Crippen molar-refractivity contribution in [3.8, 4) is 0 Å². The molecular formula is C4H7NO2S. The van der Waals surface area contributed by atoms with Crippen molar-refractivity contribution in [3.05, 3.63) is 0 Å². The van der Waals surface area contributed by atoms with Gasteiger partial charge in [-0.05, 0) is 11.3 Å². The number of nitrogens with zero attached hydrogens (tertiary/aromatic N) is 1. The lowest BCUT2D eigenvalue weighted by Gasteiger charge is -1.99. The Balaban J connectivity index is 2.56. The van der Waals surface area contributed by atoms with Crippen molar-refractivity contribution in [3.63, 3.8) is 0 Å². The maximum atomic E-state index is 10.5. The lowest BCUT2D eigenvalue weighted by Crippen LogP contribution is -2.08. The fourth-order valence-electron chi connectivity index (χ4n) is 0.559. The molecule has 1 heterocycles. The van der Waals surface area contributed by atoms with E-state index in [0.717, 1.165) is 0 Å². The Hall–Kier alpha value is -0.220. The van der Waals surface area contributed by atoms with Crippen LogP contribution < -0.4 is 0 Å². The van der Waals surface area contributed by atoms with Gasteiger partial charge in [0.2, 0.25) is 5.90 Å². The van der Waals surface area contributed by atoms with Crippen LogP contribution >= 0.6 is 0 Å². The van der Waals surface area contributed by atoms with E-state index in [1.807, 2.05) is 0 Å². The third kappa shape index (κ3) is 0.952. The van der Waals surface area contributed by atoms with Gasteiger partial charge in [0.15, 0.2) is 0 Å². The van der Waals surface area contributed by atoms with Crippen LogP contribution in [0.5, 0.6) is 0 Å². The second-order valence-electron chi connectivity index (χ2n) is 1.80. The lowest BCUT2D eigenvalue weighted by molar-refractivity contribution is 0.537. The normalized spacial score (nSPS) is 37.5. The van der Waals surface area contributed by atoms with Gasteiger partial charge < -0.3 is 9.66 Å². The highest BCUT2D eigenvalue weighted by Gasteiger charge is 2.27. The molecular weight excluding hydrogens is 126 g/mol. The molecule has 0 aromatic rings. The van der Waals surface area contributed by atoms with Crippen LogP contribution in [0.25, 0.3) is 0 Å². The minimum Gasteiger partial charge on any atom is -0.591 e. The van der Waals surface area contributed by atoms with E-state index in [0.29, 0.717) is 6.42 Å². The molecule has 0 fully saturated rings. The Morgan fingerprint density at radius 3 is 2.75 bits per heavy atom. The van der Waals surface area contributed by atoms with Gasteiger partial charge in [0.05, 0.1) is 6.42 Å². The van der Waals surface area contributed by atoms with Gasteiger partial charge in [-0.2, -0.15) is 0 Å². The van der Waals surface area contributed by atoms with Gasteiger partial charge >= 0.3 is 0 Å². The standard InChI is InChI=1S/C4H7NO2S/c1-3-2-4(6)5-8(3)7/h3H,2H2,1H3,(H,5,6). The van der Waals surface area contributed by atoms with E-state index in [1.54, 1.807) is 6.92 Å². The Morgan fingerprint density at radius 1 is 2.00 bits per heavy atom. The number of rotatable bonds is 0. The predicted octanol–water partition coefficient (Wildman–Crippen LogP) is 0.399. The van der Waals surface area contributed by atoms with Gasteiger partial charge in [0.1, 0.15) is 16.6 Å². The Kier molecular flexibility index (Phi) is 1.44. The number of aliphatic hydroxyl groups excluding tert-OH is 1. The molecule has 0 spiro atoms. The molecule has 1 rings (SSSR count). The van der Waals surface area contributed by atoms with Crippen LogP contribution in [-0.4, -0.2) is 20.8 Å². The van der Waals surface area contributed by atoms with Gasteiger partial charge in [-0.25, -0.2) is 0 Å². The molecule has 0 radical (unpaired) electrons. The molecule has 2 atom stereocenters. The van der Waals surface area contributed by atoms with E-state index in [-0.39, 0.29) is 11.1 Å². The molecule has 0 aromatic heterocycles. The van der Waals surface area contributed by atoms with Crippen LogP contribution in [0.4, 0.5) is 0 Å². The van der Waals surface area contributed by atoms with E-state index in [4.69, 9.17) is 5.11 Å². The van der Waals surface area contributed by atoms with Crippen LogP contribution in [0.3, 0.4) is 0 Å². The summed E-state index contributed by atoms with van der Waals surface area (Å²) < 4.78 is 14.0. The van der Waals surface area contributed by atoms with Crippen molar-refractivity contribution < 1.29 is 9.66 Å². The highest BCUT2D eigenvalue weighted by atomic mass is 32.2. The maximum absolute atomic E-state index is 10.5. The third-order valence-corrected chi connectivity index (χ3v) is 2.26. The molecule has 4 heteroatoms. The molecule has 0 amide bonds. The average molecular weight is 133 g/mol. The zero-order valence-electron chi connectivity index (χ0n) is 4.50. The summed E-state index contributed by atoms with van der Waals surface area (Å²) in [5, 5.41) is 8.64. The fourth-order valence-corrected chi connectivity index (χ4v) is 1.31. The number of hydrogen-bond donors (Lipinski definition) is 1. The first-order valence-electron chi connectivity index (χ1n) is 2.37. The molecule has 0 bridgehead atoms. The van der Waals surface area contributed by atoms with Crippen LogP contribution in [-0.2, 0) is 11.4 Å². The highest BCUT2D eigenvalue weighted by Crippen LogP contribution is 2.15. The number of hydrogen-bond acceptors (Lipinski definition) is 2. The highest BCUT2D eigenvalue weighted by molar-refractivity contribution is 7.91. The second kappa shape index (κ2) is 1.95. The van der Waals surface area contributed by atoms with Gasteiger partial charge in [-0.3, -0.25) is 0 Å². The summed E-state index contributed by atoms with van der Waals surface area (Å²) in [7, 11) is 0. The fraction of sp³-hybridized carbons (Fsp3) is 0.750. The Morgan fingerprint density at radius 2 is 2.62 bits per heavy atom. The Bertz CT molecular complexity index is 125. The largest absolute Gasteiger partial charge is 0.591 e. The monoisotopic (exact) mass is 133 g/mol. The molecule has 8 heavy (non-hydrogen) atoms. The first kappa shape index (κ1) is 5.91. The van der Waals surface area contributed by atoms with Crippen molar-refractivity contribution in [2.45, 2.75) is 18.6 Å². The van der Waals surface area contributed by atoms with Crippen molar-refractivity contribution in [2.24, 2.45) is 4.40 Å². The van der Waals surface area contributed by atoms with Gasteiger partial charge in [-0.1, -0.05) is 0 Å². The van der Waals surface area contributed by atoms with Gasteiger partial charge in [0.25, 0.3) is 0 Å². The molecule has 2 unspecified atom stereocenters. The van der Waals surface area contributed by atoms with E-state index in [2.05, 4.69) is 4.40 Å². The van der Waals surface area contributed by atoms with Crippen LogP contribution in [0.1, 0.15) is 13.3 Å². The Labute approximate surface area is 50.7 Å². The van der Waals surface area contributed by atoms with Crippen LogP contribution in [0.15, 0.2) is 4.40 Å². The topological polar surface area (TPSA) is 55.7 Å². The maximum Gasteiger partial charge on any atom is 0.240 e. The SMILES string of the molecule is CC1CC(O)=N[S+]1[O-]. The molecule has 0 aromatic carbocycles. The summed E-state index contributed by atoms with van der Waals surface area (Å²) in [6.07, 6.45) is 0.465. The third-order valence-electron chi connectivity index (χ3n) is 1.01. The van der Waals surface area contributed by atoms with Crippen LogP contribution in [0.2, 0.25) is 0 Å². The molecule has 46 valence electrons. The molecule has 0 saturated carbocycles. The predicted molar refractivity (Wildman–Crippen MR) is 32.3 cm³/mol. The summed E-state index contributed by atoms with van der Waals surface area (Å²) in [6, 6.07) is 0. The summed E-state index contributed by atoms with van der Waals surface area (Å²) in [5.74, 6) is 0.0239. The van der Waals surface area contributed by atoms with Crippen molar-refractivity contribution >= 4 is 17.3 Å². The second-order valence-corrected chi connectivity index (χ2v) is 3.34. The molecule has 0 saturated heterocycles. The first-order chi connectivity index (χ1) is 3.70. The molecule has 1 N–H and O–H groups in total. The first-order valence-corrected chi connectivity index (χ1v) is 3.54. The zero-order chi connectivity index (χ0) is 6.15. The minimum atomic E-state index is -1.16. The number of aliphatic hydroxyl groups is 1. The van der Waals surface area contributed by atoms with E-state index >= 15 is 0 Å². The quantitative estimate of drug-likeness (QED) is 0.486. The van der Waals surface area contributed by atoms with E-state index < -0.39 is 11.4 Å². The molecule has 3 nitrogen and oxygen atoms in total. The molecule has 0 aliphatic carbocycles. The van der Waals surface area contributed by atoms with Gasteiger partial charge in [-0.15, -0.1) is 0 Å². The zero-order valence-corrected chi connectivity index (χ0v) is 5.31. The molecule has 1 aliphatic rings. The summed E-state index contributed by atoms with van der Waals surface area (Å²) >= 11 is -1.16. The van der Waals surface area contributed by atoms with Crippen molar-refractivity contribution in [1.82, 2.24) is 0 Å². The lowest BCUT2D eigenvalue weighted by atomic mass is 10.3. The summed E-state index contributed by atoms with van der Waals surface area (Å²) in [6.45, 7) is 1.79. The molecule has 1 aliphatic heterocycles. The van der Waals surface area contributed by atoms with Crippen molar-refractivity contribution in [2.75, 3.05) is 0 Å². The van der Waals surface area contributed by atoms with Crippen molar-refractivity contribution in [1.29, 1.82) is 0 Å².